The van der Waals surface area contributed by atoms with Crippen molar-refractivity contribution in [2.24, 2.45) is 5.41 Å². The standard InChI is InChI=1S/C19H15ClFNO4/c20-11-5-6-15(21)13(7-11)17(23)22-8-14-12-3-1-2-4-16(12)26-10-19(14,9-22)18(24)25/h1-7,14H,8-10H2,(H,24,25)/t14-,19-/m1/s1. The molecule has 134 valence electrons. The van der Waals surface area contributed by atoms with Gasteiger partial charge in [-0.1, -0.05) is 29.8 Å². The molecule has 2 atom stereocenters. The number of amides is 1. The van der Waals surface area contributed by atoms with Crippen LogP contribution < -0.4 is 4.74 Å². The number of halogens is 2. The molecule has 0 saturated carbocycles. The zero-order valence-electron chi connectivity index (χ0n) is 13.6. The number of likely N-dealkylation sites (tertiary alicyclic amines) is 1. The van der Waals surface area contributed by atoms with Crippen molar-refractivity contribution >= 4 is 23.5 Å². The van der Waals surface area contributed by atoms with Gasteiger partial charge in [0.25, 0.3) is 5.91 Å². The van der Waals surface area contributed by atoms with E-state index in [0.29, 0.717) is 5.75 Å². The number of para-hydroxylation sites is 1. The Labute approximate surface area is 153 Å². The molecule has 1 N–H and O–H groups in total. The Morgan fingerprint density at radius 1 is 1.27 bits per heavy atom. The van der Waals surface area contributed by atoms with Gasteiger partial charge in [-0.05, 0) is 24.3 Å². The third-order valence-corrected chi connectivity index (χ3v) is 5.43. The number of benzene rings is 2. The Hall–Kier alpha value is -2.60. The molecular weight excluding hydrogens is 361 g/mol. The number of fused-ring (bicyclic) bond motifs is 3. The number of carbonyl (C=O) groups excluding carboxylic acids is 1. The first-order valence-electron chi connectivity index (χ1n) is 8.12. The van der Waals surface area contributed by atoms with Crippen molar-refractivity contribution in [2.75, 3.05) is 19.7 Å². The van der Waals surface area contributed by atoms with Crippen molar-refractivity contribution in [1.29, 1.82) is 0 Å². The SMILES string of the molecule is O=C(c1cc(Cl)ccc1F)N1C[C@@H]2c3ccccc3OC[C@]2(C(=O)O)C1. The third-order valence-electron chi connectivity index (χ3n) is 5.19. The predicted octanol–water partition coefficient (Wildman–Crippen LogP) is 3.18. The fourth-order valence-corrected chi connectivity index (χ4v) is 4.00. The molecule has 7 heteroatoms. The molecule has 0 unspecified atom stereocenters. The molecule has 1 saturated heterocycles. The van der Waals surface area contributed by atoms with Crippen LogP contribution in [0.1, 0.15) is 21.8 Å². The summed E-state index contributed by atoms with van der Waals surface area (Å²) in [6.07, 6.45) is 0. The van der Waals surface area contributed by atoms with Gasteiger partial charge in [-0.25, -0.2) is 4.39 Å². The highest BCUT2D eigenvalue weighted by Gasteiger charge is 2.57. The van der Waals surface area contributed by atoms with E-state index in [-0.39, 0.29) is 30.3 Å². The lowest BCUT2D eigenvalue weighted by atomic mass is 9.73. The Morgan fingerprint density at radius 2 is 2.04 bits per heavy atom. The molecule has 2 aromatic carbocycles. The lowest BCUT2D eigenvalue weighted by Gasteiger charge is -2.35. The summed E-state index contributed by atoms with van der Waals surface area (Å²) in [5.41, 5.74) is -0.659. The van der Waals surface area contributed by atoms with E-state index in [4.69, 9.17) is 16.3 Å². The average molecular weight is 376 g/mol. The van der Waals surface area contributed by atoms with Crippen molar-refractivity contribution in [3.8, 4) is 5.75 Å². The molecule has 0 aliphatic carbocycles. The number of ether oxygens (including phenoxy) is 1. The number of hydrogen-bond donors (Lipinski definition) is 1. The predicted molar refractivity (Wildman–Crippen MR) is 92.1 cm³/mol. The number of carboxylic acid groups (broad SMARTS) is 1. The summed E-state index contributed by atoms with van der Waals surface area (Å²) in [6.45, 7) is 0.0927. The van der Waals surface area contributed by atoms with E-state index in [2.05, 4.69) is 0 Å². The van der Waals surface area contributed by atoms with Gasteiger partial charge in [-0.2, -0.15) is 0 Å². The molecule has 2 aromatic rings. The molecule has 0 radical (unpaired) electrons. The first-order valence-corrected chi connectivity index (χ1v) is 8.49. The van der Waals surface area contributed by atoms with Gasteiger partial charge >= 0.3 is 5.97 Å². The molecule has 5 nitrogen and oxygen atoms in total. The molecule has 0 bridgehead atoms. The van der Waals surface area contributed by atoms with Crippen LogP contribution in [0.25, 0.3) is 0 Å². The van der Waals surface area contributed by atoms with Gasteiger partial charge in [-0.15, -0.1) is 0 Å². The van der Waals surface area contributed by atoms with E-state index in [0.717, 1.165) is 11.6 Å². The number of hydrogen-bond acceptors (Lipinski definition) is 3. The van der Waals surface area contributed by atoms with Crippen LogP contribution in [-0.2, 0) is 4.79 Å². The van der Waals surface area contributed by atoms with Crippen LogP contribution in [0.4, 0.5) is 4.39 Å². The second-order valence-electron chi connectivity index (χ2n) is 6.65. The zero-order valence-corrected chi connectivity index (χ0v) is 14.4. The normalized spacial score (nSPS) is 23.8. The van der Waals surface area contributed by atoms with Gasteiger partial charge in [0, 0.05) is 29.6 Å². The van der Waals surface area contributed by atoms with Crippen molar-refractivity contribution < 1.29 is 23.8 Å². The molecule has 1 fully saturated rings. The molecule has 0 spiro atoms. The maximum absolute atomic E-state index is 14.1. The summed E-state index contributed by atoms with van der Waals surface area (Å²) in [7, 11) is 0. The zero-order chi connectivity index (χ0) is 18.5. The van der Waals surface area contributed by atoms with Gasteiger partial charge in [0.2, 0.25) is 0 Å². The van der Waals surface area contributed by atoms with E-state index in [1.807, 2.05) is 12.1 Å². The first kappa shape index (κ1) is 16.8. The molecule has 2 heterocycles. The molecule has 1 amide bonds. The number of nitrogens with zero attached hydrogens (tertiary/aromatic N) is 1. The van der Waals surface area contributed by atoms with Gasteiger partial charge in [0.1, 0.15) is 23.6 Å². The smallest absolute Gasteiger partial charge is 0.315 e. The Morgan fingerprint density at radius 3 is 2.81 bits per heavy atom. The summed E-state index contributed by atoms with van der Waals surface area (Å²) in [5, 5.41) is 10.1. The monoisotopic (exact) mass is 375 g/mol. The summed E-state index contributed by atoms with van der Waals surface area (Å²) in [5.74, 6) is -2.08. The minimum absolute atomic E-state index is 0.0359. The minimum Gasteiger partial charge on any atom is -0.492 e. The van der Waals surface area contributed by atoms with Crippen LogP contribution >= 0.6 is 11.6 Å². The summed E-state index contributed by atoms with van der Waals surface area (Å²) >= 11 is 5.88. The van der Waals surface area contributed by atoms with Gasteiger partial charge in [0.05, 0.1) is 5.56 Å². The Kier molecular flexibility index (Phi) is 3.88. The van der Waals surface area contributed by atoms with Crippen molar-refractivity contribution in [2.45, 2.75) is 5.92 Å². The third kappa shape index (κ3) is 2.44. The molecule has 4 rings (SSSR count). The number of carboxylic acids is 1. The average Bonchev–Trinajstić information content (AvgIpc) is 3.05. The topological polar surface area (TPSA) is 66.8 Å². The second kappa shape index (κ2) is 5.99. The lowest BCUT2D eigenvalue weighted by Crippen LogP contribution is -2.46. The quantitative estimate of drug-likeness (QED) is 0.875. The van der Waals surface area contributed by atoms with Crippen molar-refractivity contribution in [1.82, 2.24) is 4.90 Å². The molecule has 2 aliphatic rings. The van der Waals surface area contributed by atoms with Crippen molar-refractivity contribution in [3.63, 3.8) is 0 Å². The lowest BCUT2D eigenvalue weighted by molar-refractivity contribution is -0.151. The van der Waals surface area contributed by atoms with E-state index in [1.54, 1.807) is 12.1 Å². The van der Waals surface area contributed by atoms with Gasteiger partial charge in [-0.3, -0.25) is 9.59 Å². The van der Waals surface area contributed by atoms with Crippen LogP contribution in [0.5, 0.6) is 5.75 Å². The largest absolute Gasteiger partial charge is 0.492 e. The van der Waals surface area contributed by atoms with Crippen LogP contribution in [0.15, 0.2) is 42.5 Å². The minimum atomic E-state index is -1.25. The highest BCUT2D eigenvalue weighted by atomic mass is 35.5. The first-order chi connectivity index (χ1) is 12.4. The number of aliphatic carboxylic acids is 1. The van der Waals surface area contributed by atoms with E-state index < -0.39 is 29.0 Å². The van der Waals surface area contributed by atoms with Crippen LogP contribution in [-0.4, -0.2) is 41.6 Å². The summed E-state index contributed by atoms with van der Waals surface area (Å²) in [6, 6.07) is 11.0. The number of rotatable bonds is 2. The Bertz CT molecular complexity index is 918. The summed E-state index contributed by atoms with van der Waals surface area (Å²) < 4.78 is 19.8. The summed E-state index contributed by atoms with van der Waals surface area (Å²) in [4.78, 5) is 26.3. The van der Waals surface area contributed by atoms with E-state index in [9.17, 15) is 19.1 Å². The van der Waals surface area contributed by atoms with Crippen LogP contribution in [0.3, 0.4) is 0 Å². The maximum atomic E-state index is 14.1. The highest BCUT2D eigenvalue weighted by Crippen LogP contribution is 2.50. The van der Waals surface area contributed by atoms with Gasteiger partial charge < -0.3 is 14.7 Å². The van der Waals surface area contributed by atoms with Crippen LogP contribution in [0, 0.1) is 11.2 Å². The van der Waals surface area contributed by atoms with E-state index in [1.165, 1.54) is 17.0 Å². The van der Waals surface area contributed by atoms with Gasteiger partial charge in [0.15, 0.2) is 0 Å². The molecule has 26 heavy (non-hydrogen) atoms. The highest BCUT2D eigenvalue weighted by molar-refractivity contribution is 6.31. The number of carbonyl (C=O) groups is 2. The van der Waals surface area contributed by atoms with E-state index >= 15 is 0 Å². The second-order valence-corrected chi connectivity index (χ2v) is 7.09. The Balaban J connectivity index is 1.73. The maximum Gasteiger partial charge on any atom is 0.315 e. The van der Waals surface area contributed by atoms with Crippen LogP contribution in [0.2, 0.25) is 5.02 Å². The molecule has 2 aliphatic heterocycles. The van der Waals surface area contributed by atoms with Crippen molar-refractivity contribution in [3.05, 3.63) is 64.4 Å². The molecule has 0 aromatic heterocycles. The fourth-order valence-electron chi connectivity index (χ4n) is 3.82. The fraction of sp³-hybridized carbons (Fsp3) is 0.263. The molecular formula is C19H15ClFNO4.